The summed E-state index contributed by atoms with van der Waals surface area (Å²) in [7, 11) is 3.40. The van der Waals surface area contributed by atoms with Gasteiger partial charge in [0.1, 0.15) is 5.75 Å². The molecule has 9 heteroatoms. The summed E-state index contributed by atoms with van der Waals surface area (Å²) in [6.07, 6.45) is 0.175. The second kappa shape index (κ2) is 9.66. The van der Waals surface area contributed by atoms with Crippen molar-refractivity contribution >= 4 is 23.8 Å². The molecule has 0 bridgehead atoms. The third-order valence-corrected chi connectivity index (χ3v) is 4.77. The van der Waals surface area contributed by atoms with Crippen LogP contribution in [0.4, 0.5) is 4.79 Å². The Morgan fingerprint density at radius 1 is 1.19 bits per heavy atom. The fraction of sp³-hybridized carbons (Fsp3) is 0.217. The van der Waals surface area contributed by atoms with E-state index in [4.69, 9.17) is 10.5 Å². The van der Waals surface area contributed by atoms with E-state index in [0.29, 0.717) is 12.1 Å². The van der Waals surface area contributed by atoms with Gasteiger partial charge in [-0.15, -0.1) is 0 Å². The second-order valence-corrected chi connectivity index (χ2v) is 7.19. The van der Waals surface area contributed by atoms with Crippen LogP contribution in [-0.2, 0) is 22.6 Å². The zero-order valence-corrected chi connectivity index (χ0v) is 17.6. The van der Waals surface area contributed by atoms with Gasteiger partial charge in [0.2, 0.25) is 5.91 Å². The lowest BCUT2D eigenvalue weighted by molar-refractivity contribution is -0.119. The number of nitrogens with two attached hydrogens (primary N) is 1. The van der Waals surface area contributed by atoms with Crippen LogP contribution in [0.2, 0.25) is 0 Å². The molecule has 2 aliphatic rings. The van der Waals surface area contributed by atoms with Crippen LogP contribution in [0.5, 0.6) is 5.75 Å². The summed E-state index contributed by atoms with van der Waals surface area (Å²) in [5.41, 5.74) is 8.40. The van der Waals surface area contributed by atoms with E-state index in [2.05, 4.69) is 22.5 Å². The second-order valence-electron chi connectivity index (χ2n) is 7.19. The van der Waals surface area contributed by atoms with Gasteiger partial charge >= 0.3 is 6.03 Å². The van der Waals surface area contributed by atoms with Crippen molar-refractivity contribution in [3.05, 3.63) is 64.7 Å². The lowest BCUT2D eigenvalue weighted by Gasteiger charge is -2.04. The van der Waals surface area contributed by atoms with Crippen molar-refractivity contribution in [3.63, 3.8) is 0 Å². The van der Waals surface area contributed by atoms with Gasteiger partial charge in [0.25, 0.3) is 11.8 Å². The van der Waals surface area contributed by atoms with Crippen molar-refractivity contribution < 1.29 is 23.9 Å². The number of amides is 5. The van der Waals surface area contributed by atoms with Gasteiger partial charge < -0.3 is 20.7 Å². The molecule has 1 saturated heterocycles. The molecule has 1 unspecified atom stereocenters. The van der Waals surface area contributed by atoms with Crippen LogP contribution in [0, 0.1) is 11.8 Å². The molecule has 1 fully saturated rings. The number of primary amides is 1. The lowest BCUT2D eigenvalue weighted by atomic mass is 10.1. The standard InChI is InChI=1S/C13H11N3O3.C10H11NO2/c14-11(17)7-9-3-1-8(2-4-9)5-6-10-12(18)16-13(19)15-10;1-11-6-7-3-4-8(13-2)5-9(7)10(11)12/h1-4,10H,7H2,(H2,14,17)(H2,15,16,18,19);3-5H,6H2,1-2H3. The quantitative estimate of drug-likeness (QED) is 0.480. The SMILES string of the molecule is COc1ccc2c(c1)C(=O)N(C)C2.NC(=O)Cc1ccc(C#CC2NC(=O)NC2=O)cc1. The van der Waals surface area contributed by atoms with Crippen molar-refractivity contribution in [2.45, 2.75) is 19.0 Å². The maximum absolute atomic E-state index is 11.5. The highest BCUT2D eigenvalue weighted by atomic mass is 16.5. The molecule has 32 heavy (non-hydrogen) atoms. The van der Waals surface area contributed by atoms with E-state index in [-0.39, 0.29) is 12.3 Å². The molecule has 2 aromatic carbocycles. The predicted octanol–water partition coefficient (Wildman–Crippen LogP) is 0.555. The Morgan fingerprint density at radius 2 is 1.91 bits per heavy atom. The van der Waals surface area contributed by atoms with Crippen molar-refractivity contribution in [2.75, 3.05) is 14.2 Å². The van der Waals surface area contributed by atoms with E-state index in [1.54, 1.807) is 49.4 Å². The van der Waals surface area contributed by atoms with Crippen LogP contribution in [0.25, 0.3) is 0 Å². The van der Waals surface area contributed by atoms with E-state index >= 15 is 0 Å². The number of methoxy groups -OCH3 is 1. The molecular weight excluding hydrogens is 412 g/mol. The fourth-order valence-electron chi connectivity index (χ4n) is 3.13. The van der Waals surface area contributed by atoms with Crippen LogP contribution in [0.15, 0.2) is 42.5 Å². The number of nitrogens with one attached hydrogen (secondary N) is 2. The first-order chi connectivity index (χ1) is 15.3. The van der Waals surface area contributed by atoms with Crippen LogP contribution in [0.3, 0.4) is 0 Å². The number of ether oxygens (including phenoxy) is 1. The summed E-state index contributed by atoms with van der Waals surface area (Å²) < 4.78 is 5.05. The molecule has 0 aromatic heterocycles. The highest BCUT2D eigenvalue weighted by Crippen LogP contribution is 2.25. The monoisotopic (exact) mass is 434 g/mol. The van der Waals surface area contributed by atoms with Gasteiger partial charge in [-0.3, -0.25) is 19.7 Å². The van der Waals surface area contributed by atoms with Gasteiger partial charge in [0.15, 0.2) is 6.04 Å². The maximum atomic E-state index is 11.5. The molecule has 2 aliphatic heterocycles. The predicted molar refractivity (Wildman–Crippen MR) is 115 cm³/mol. The maximum Gasteiger partial charge on any atom is 0.322 e. The first-order valence-corrected chi connectivity index (χ1v) is 9.69. The summed E-state index contributed by atoms with van der Waals surface area (Å²) in [6.45, 7) is 0.707. The lowest BCUT2D eigenvalue weighted by Crippen LogP contribution is -2.26. The van der Waals surface area contributed by atoms with E-state index in [0.717, 1.165) is 22.4 Å². The van der Waals surface area contributed by atoms with E-state index in [9.17, 15) is 19.2 Å². The molecule has 9 nitrogen and oxygen atoms in total. The minimum Gasteiger partial charge on any atom is -0.497 e. The summed E-state index contributed by atoms with van der Waals surface area (Å²) >= 11 is 0. The number of imide groups is 1. The number of carbonyl (C=O) groups is 4. The largest absolute Gasteiger partial charge is 0.497 e. The van der Waals surface area contributed by atoms with E-state index in [1.807, 2.05) is 12.1 Å². The molecule has 2 heterocycles. The Hall–Kier alpha value is -4.32. The number of hydrogen-bond donors (Lipinski definition) is 3. The Kier molecular flexibility index (Phi) is 6.75. The molecule has 0 saturated carbocycles. The van der Waals surface area contributed by atoms with Crippen molar-refractivity contribution in [2.24, 2.45) is 5.73 Å². The molecular formula is C23H22N4O5. The first kappa shape index (κ1) is 22.4. The molecule has 2 aromatic rings. The van der Waals surface area contributed by atoms with Crippen molar-refractivity contribution in [3.8, 4) is 17.6 Å². The number of benzene rings is 2. The average Bonchev–Trinajstić information content (AvgIpc) is 3.24. The minimum absolute atomic E-state index is 0.0777. The molecule has 164 valence electrons. The normalized spacial score (nSPS) is 16.1. The smallest absolute Gasteiger partial charge is 0.322 e. The van der Waals surface area contributed by atoms with Crippen molar-refractivity contribution in [1.29, 1.82) is 0 Å². The number of carbonyl (C=O) groups excluding carboxylic acids is 4. The fourth-order valence-corrected chi connectivity index (χ4v) is 3.13. The Morgan fingerprint density at radius 3 is 2.50 bits per heavy atom. The Balaban J connectivity index is 0.000000193. The average molecular weight is 434 g/mol. The van der Waals surface area contributed by atoms with Gasteiger partial charge in [-0.2, -0.15) is 0 Å². The van der Waals surface area contributed by atoms with E-state index < -0.39 is 23.9 Å². The van der Waals surface area contributed by atoms with Gasteiger partial charge in [-0.1, -0.05) is 30.0 Å². The highest BCUT2D eigenvalue weighted by molar-refractivity contribution is 6.05. The molecule has 4 rings (SSSR count). The summed E-state index contributed by atoms with van der Waals surface area (Å²) in [4.78, 5) is 46.1. The minimum atomic E-state index is -0.821. The zero-order chi connectivity index (χ0) is 23.3. The topological polar surface area (TPSA) is 131 Å². The van der Waals surface area contributed by atoms with Gasteiger partial charge in [-0.25, -0.2) is 4.79 Å². The highest BCUT2D eigenvalue weighted by Gasteiger charge is 2.27. The van der Waals surface area contributed by atoms with Crippen molar-refractivity contribution in [1.82, 2.24) is 15.5 Å². The molecule has 4 N–H and O–H groups in total. The number of rotatable bonds is 3. The number of fused-ring (bicyclic) bond motifs is 1. The number of urea groups is 1. The van der Waals surface area contributed by atoms with Crippen LogP contribution in [0.1, 0.15) is 27.0 Å². The van der Waals surface area contributed by atoms with Gasteiger partial charge in [0, 0.05) is 24.7 Å². The Labute approximate surface area is 184 Å². The number of hydrogen-bond acceptors (Lipinski definition) is 5. The summed E-state index contributed by atoms with van der Waals surface area (Å²) in [6, 6.07) is 11.2. The van der Waals surface area contributed by atoms with Crippen LogP contribution in [-0.4, -0.2) is 48.9 Å². The third kappa shape index (κ3) is 5.43. The van der Waals surface area contributed by atoms with Gasteiger partial charge in [-0.05, 0) is 35.4 Å². The molecule has 1 atom stereocenters. The molecule has 0 spiro atoms. The molecule has 0 radical (unpaired) electrons. The number of nitrogens with zero attached hydrogens (tertiary/aromatic N) is 1. The Bertz CT molecular complexity index is 1130. The summed E-state index contributed by atoms with van der Waals surface area (Å²) in [5.74, 6) is 5.39. The zero-order valence-electron chi connectivity index (χ0n) is 17.6. The third-order valence-electron chi connectivity index (χ3n) is 4.77. The summed E-state index contributed by atoms with van der Waals surface area (Å²) in [5, 5.41) is 4.47. The first-order valence-electron chi connectivity index (χ1n) is 9.69. The van der Waals surface area contributed by atoms with E-state index in [1.165, 1.54) is 0 Å². The van der Waals surface area contributed by atoms with Crippen LogP contribution >= 0.6 is 0 Å². The molecule has 5 amide bonds. The molecule has 0 aliphatic carbocycles. The van der Waals surface area contributed by atoms with Gasteiger partial charge in [0.05, 0.1) is 13.5 Å². The van der Waals surface area contributed by atoms with Crippen LogP contribution < -0.4 is 21.1 Å².